The molecule has 0 bridgehead atoms. The van der Waals surface area contributed by atoms with Crippen LogP contribution >= 0.6 is 0 Å². The molecule has 2 heteroatoms. The minimum Gasteiger partial charge on any atom is -1.00 e. The second-order valence-corrected chi connectivity index (χ2v) is 1.38. The second-order valence-electron chi connectivity index (χ2n) is 1.38. The fourth-order valence-electron chi connectivity index (χ4n) is 0.338. The van der Waals surface area contributed by atoms with E-state index in [1.807, 2.05) is 6.92 Å². The fraction of sp³-hybridized carbons (Fsp3) is 0.571. The second kappa shape index (κ2) is 15.9. The summed E-state index contributed by atoms with van der Waals surface area (Å²) in [6.07, 6.45) is 3.16. The molecule has 0 radical (unpaired) electrons. The van der Waals surface area contributed by atoms with Crippen LogP contribution in [0, 0.1) is 18.8 Å². The quantitative estimate of drug-likeness (QED) is 0.223. The largest absolute Gasteiger partial charge is 2.00 e. The van der Waals surface area contributed by atoms with E-state index in [0.717, 1.165) is 19.3 Å². The van der Waals surface area contributed by atoms with Crippen molar-refractivity contribution in [3.05, 3.63) is 6.92 Å². The molecule has 48 valence electrons. The molecule has 0 nitrogen and oxygen atoms in total. The third kappa shape index (κ3) is 17.7. The van der Waals surface area contributed by atoms with Crippen LogP contribution in [-0.4, -0.2) is 23.1 Å². The SMILES string of the molecule is [Br-].[CH2-]CCCC#CC.[Mg+2]. The van der Waals surface area contributed by atoms with Gasteiger partial charge in [-0.15, -0.1) is 11.8 Å². The zero-order chi connectivity index (χ0) is 5.54. The molecular weight excluding hydrogens is 188 g/mol. The number of unbranched alkanes of at least 4 members (excludes halogenated alkanes) is 2. The summed E-state index contributed by atoms with van der Waals surface area (Å²) in [5.41, 5.74) is 0. The topological polar surface area (TPSA) is 0 Å². The average molecular weight is 199 g/mol. The summed E-state index contributed by atoms with van der Waals surface area (Å²) >= 11 is 0. The molecule has 9 heavy (non-hydrogen) atoms. The van der Waals surface area contributed by atoms with Gasteiger partial charge < -0.3 is 23.9 Å². The van der Waals surface area contributed by atoms with E-state index in [2.05, 4.69) is 18.8 Å². The Labute approximate surface area is 84.7 Å². The van der Waals surface area contributed by atoms with Crippen LogP contribution in [0.5, 0.6) is 0 Å². The Bertz CT molecular complexity index is 80.7. The molecule has 0 spiro atoms. The molecule has 0 heterocycles. The number of hydrogen-bond donors (Lipinski definition) is 0. The van der Waals surface area contributed by atoms with Gasteiger partial charge in [-0.05, 0) is 6.92 Å². The number of hydrogen-bond acceptors (Lipinski definition) is 0. The molecule has 0 amide bonds. The number of rotatable bonds is 2. The minimum absolute atomic E-state index is 0. The van der Waals surface area contributed by atoms with E-state index in [1.54, 1.807) is 0 Å². The molecule has 0 N–H and O–H groups in total. The van der Waals surface area contributed by atoms with Gasteiger partial charge in [0.1, 0.15) is 0 Å². The molecule has 0 aromatic rings. The summed E-state index contributed by atoms with van der Waals surface area (Å²) in [4.78, 5) is 0. The molecule has 0 saturated carbocycles. The van der Waals surface area contributed by atoms with Crippen molar-refractivity contribution in [3.63, 3.8) is 0 Å². The van der Waals surface area contributed by atoms with Crippen molar-refractivity contribution in [2.24, 2.45) is 0 Å². The third-order valence-electron chi connectivity index (χ3n) is 0.729. The summed E-state index contributed by atoms with van der Waals surface area (Å²) in [7, 11) is 0. The number of halogens is 1. The van der Waals surface area contributed by atoms with E-state index in [-0.39, 0.29) is 40.0 Å². The Morgan fingerprint density at radius 1 is 1.44 bits per heavy atom. The van der Waals surface area contributed by atoms with Gasteiger partial charge in [-0.25, -0.2) is 0 Å². The summed E-state index contributed by atoms with van der Waals surface area (Å²) in [5, 5.41) is 0. The van der Waals surface area contributed by atoms with Gasteiger partial charge in [0, 0.05) is 6.42 Å². The zero-order valence-corrected chi connectivity index (χ0v) is 8.91. The Morgan fingerprint density at radius 3 is 2.33 bits per heavy atom. The molecule has 0 aliphatic heterocycles. The van der Waals surface area contributed by atoms with Gasteiger partial charge >= 0.3 is 23.1 Å². The molecule has 0 aliphatic rings. The first kappa shape index (κ1) is 16.4. The molecule has 0 atom stereocenters. The first-order valence-electron chi connectivity index (χ1n) is 2.60. The molecule has 0 aromatic carbocycles. The van der Waals surface area contributed by atoms with E-state index in [1.165, 1.54) is 0 Å². The maximum Gasteiger partial charge on any atom is 2.00 e. The normalized spacial score (nSPS) is 5.56. The Morgan fingerprint density at radius 2 is 2.00 bits per heavy atom. The van der Waals surface area contributed by atoms with Crippen LogP contribution in [0.2, 0.25) is 0 Å². The van der Waals surface area contributed by atoms with Crippen LogP contribution in [0.15, 0.2) is 0 Å². The van der Waals surface area contributed by atoms with E-state index in [0.29, 0.717) is 0 Å². The van der Waals surface area contributed by atoms with Crippen LogP contribution in [0.25, 0.3) is 0 Å². The minimum atomic E-state index is 0. The first-order valence-corrected chi connectivity index (χ1v) is 2.60. The maximum absolute atomic E-state index is 3.69. The summed E-state index contributed by atoms with van der Waals surface area (Å²) in [6, 6.07) is 0. The van der Waals surface area contributed by atoms with Crippen molar-refractivity contribution in [3.8, 4) is 11.8 Å². The van der Waals surface area contributed by atoms with Crippen LogP contribution < -0.4 is 17.0 Å². The van der Waals surface area contributed by atoms with Crippen molar-refractivity contribution in [1.82, 2.24) is 0 Å². The first-order chi connectivity index (χ1) is 3.41. The van der Waals surface area contributed by atoms with Crippen molar-refractivity contribution in [1.29, 1.82) is 0 Å². The predicted octanol–water partition coefficient (Wildman–Crippen LogP) is -1.36. The van der Waals surface area contributed by atoms with Crippen LogP contribution in [0.4, 0.5) is 0 Å². The Balaban J connectivity index is -0.000000180. The summed E-state index contributed by atoms with van der Waals surface area (Å²) in [6.45, 7) is 5.55. The molecular formula is C7H11BrMg. The van der Waals surface area contributed by atoms with Crippen molar-refractivity contribution < 1.29 is 17.0 Å². The van der Waals surface area contributed by atoms with Crippen molar-refractivity contribution in [2.75, 3.05) is 0 Å². The van der Waals surface area contributed by atoms with E-state index >= 15 is 0 Å². The van der Waals surface area contributed by atoms with Gasteiger partial charge in [-0.3, -0.25) is 0 Å². The van der Waals surface area contributed by atoms with Gasteiger partial charge in [0.15, 0.2) is 0 Å². The molecule has 0 rings (SSSR count). The summed E-state index contributed by atoms with van der Waals surface area (Å²) in [5.74, 6) is 5.78. The van der Waals surface area contributed by atoms with Gasteiger partial charge in [0.2, 0.25) is 0 Å². The van der Waals surface area contributed by atoms with Gasteiger partial charge in [0.05, 0.1) is 0 Å². The van der Waals surface area contributed by atoms with Gasteiger partial charge in [-0.2, -0.15) is 6.42 Å². The zero-order valence-electron chi connectivity index (χ0n) is 5.91. The Hall–Kier alpha value is 0.806. The molecule has 0 unspecified atom stereocenters. The molecule has 0 fully saturated rings. The van der Waals surface area contributed by atoms with Crippen molar-refractivity contribution >= 4 is 23.1 Å². The Kier molecular flexibility index (Phi) is 29.0. The third-order valence-corrected chi connectivity index (χ3v) is 0.729. The average Bonchev–Trinajstić information content (AvgIpc) is 1.69. The van der Waals surface area contributed by atoms with E-state index in [9.17, 15) is 0 Å². The van der Waals surface area contributed by atoms with Crippen LogP contribution in [-0.2, 0) is 0 Å². The molecule has 0 aliphatic carbocycles. The maximum atomic E-state index is 3.69. The predicted molar refractivity (Wildman–Crippen MR) is 38.4 cm³/mol. The monoisotopic (exact) mass is 198 g/mol. The van der Waals surface area contributed by atoms with Crippen molar-refractivity contribution in [2.45, 2.75) is 26.2 Å². The van der Waals surface area contributed by atoms with E-state index in [4.69, 9.17) is 0 Å². The van der Waals surface area contributed by atoms with Gasteiger partial charge in [-0.1, -0.05) is 6.42 Å². The van der Waals surface area contributed by atoms with Crippen LogP contribution in [0.1, 0.15) is 26.2 Å². The van der Waals surface area contributed by atoms with Gasteiger partial charge in [0.25, 0.3) is 0 Å². The molecule has 0 saturated heterocycles. The van der Waals surface area contributed by atoms with Crippen LogP contribution in [0.3, 0.4) is 0 Å². The molecule has 0 aromatic heterocycles. The van der Waals surface area contributed by atoms with E-state index < -0.39 is 0 Å². The smallest absolute Gasteiger partial charge is 1.00 e. The summed E-state index contributed by atoms with van der Waals surface area (Å²) < 4.78 is 0. The fourth-order valence-corrected chi connectivity index (χ4v) is 0.338. The standard InChI is InChI=1S/C7H11.BrH.Mg/c1-3-5-7-6-4-2;;/h1,3,5,7H2,2H3;1H;/q-1;;+2/p-1.